The molecule has 4 rings (SSSR count). The van der Waals surface area contributed by atoms with E-state index < -0.39 is 0 Å². The number of hydrogen-bond acceptors (Lipinski definition) is 4. The van der Waals surface area contributed by atoms with Gasteiger partial charge < -0.3 is 10.1 Å². The number of fused-ring (bicyclic) bond motifs is 1. The highest BCUT2D eigenvalue weighted by Crippen LogP contribution is 2.32. The van der Waals surface area contributed by atoms with Gasteiger partial charge in [-0.2, -0.15) is 0 Å². The van der Waals surface area contributed by atoms with Gasteiger partial charge >= 0.3 is 0 Å². The third-order valence-electron chi connectivity index (χ3n) is 5.94. The first-order chi connectivity index (χ1) is 14.6. The SMILES string of the molecule is COc1ccc(CCC(=O)Nc2ccc3c(c2)C(=O)N(C2CCCCC2)C3=O)cc1. The lowest BCUT2D eigenvalue weighted by molar-refractivity contribution is -0.116. The molecule has 0 radical (unpaired) electrons. The first kappa shape index (κ1) is 20.1. The number of nitrogens with zero attached hydrogens (tertiary/aromatic N) is 1. The second-order valence-electron chi connectivity index (χ2n) is 7.93. The number of carbonyl (C=O) groups excluding carboxylic acids is 3. The first-order valence-electron chi connectivity index (χ1n) is 10.5. The summed E-state index contributed by atoms with van der Waals surface area (Å²) in [7, 11) is 1.62. The van der Waals surface area contributed by atoms with Crippen molar-refractivity contribution in [2.45, 2.75) is 51.0 Å². The van der Waals surface area contributed by atoms with Crippen LogP contribution in [0.15, 0.2) is 42.5 Å². The third-order valence-corrected chi connectivity index (χ3v) is 5.94. The second-order valence-corrected chi connectivity index (χ2v) is 7.93. The molecule has 0 unspecified atom stereocenters. The van der Waals surface area contributed by atoms with Crippen molar-refractivity contribution in [3.05, 3.63) is 59.2 Å². The average molecular weight is 406 g/mol. The zero-order chi connectivity index (χ0) is 21.1. The van der Waals surface area contributed by atoms with Crippen LogP contribution in [0.3, 0.4) is 0 Å². The maximum atomic E-state index is 12.9. The highest BCUT2D eigenvalue weighted by Gasteiger charge is 2.40. The van der Waals surface area contributed by atoms with Crippen molar-refractivity contribution in [3.63, 3.8) is 0 Å². The zero-order valence-electron chi connectivity index (χ0n) is 17.1. The number of imide groups is 1. The van der Waals surface area contributed by atoms with Gasteiger partial charge in [0.25, 0.3) is 11.8 Å². The van der Waals surface area contributed by atoms with Crippen LogP contribution >= 0.6 is 0 Å². The van der Waals surface area contributed by atoms with Gasteiger partial charge in [-0.3, -0.25) is 19.3 Å². The lowest BCUT2D eigenvalue weighted by Crippen LogP contribution is -2.40. The summed E-state index contributed by atoms with van der Waals surface area (Å²) in [5.41, 5.74) is 2.41. The fraction of sp³-hybridized carbons (Fsp3) is 0.375. The van der Waals surface area contributed by atoms with Crippen molar-refractivity contribution in [2.24, 2.45) is 0 Å². The quantitative estimate of drug-likeness (QED) is 0.730. The Morgan fingerprint density at radius 3 is 2.40 bits per heavy atom. The van der Waals surface area contributed by atoms with E-state index in [1.54, 1.807) is 25.3 Å². The number of rotatable bonds is 6. The smallest absolute Gasteiger partial charge is 0.261 e. The van der Waals surface area contributed by atoms with Gasteiger partial charge in [-0.1, -0.05) is 31.4 Å². The normalized spacial score (nSPS) is 16.5. The highest BCUT2D eigenvalue weighted by atomic mass is 16.5. The summed E-state index contributed by atoms with van der Waals surface area (Å²) in [6.07, 6.45) is 5.94. The van der Waals surface area contributed by atoms with Crippen LogP contribution in [0.2, 0.25) is 0 Å². The number of ether oxygens (including phenoxy) is 1. The molecule has 2 aliphatic rings. The number of anilines is 1. The Bertz CT molecular complexity index is 962. The Morgan fingerprint density at radius 2 is 1.70 bits per heavy atom. The van der Waals surface area contributed by atoms with E-state index in [1.165, 1.54) is 4.90 Å². The molecule has 1 aliphatic carbocycles. The summed E-state index contributed by atoms with van der Waals surface area (Å²) < 4.78 is 5.14. The van der Waals surface area contributed by atoms with E-state index >= 15 is 0 Å². The molecule has 1 aliphatic heterocycles. The molecule has 1 fully saturated rings. The molecule has 1 N–H and O–H groups in total. The molecule has 0 aromatic heterocycles. The summed E-state index contributed by atoms with van der Waals surface area (Å²) in [4.78, 5) is 39.4. The Balaban J connectivity index is 1.39. The molecule has 1 saturated carbocycles. The monoisotopic (exact) mass is 406 g/mol. The van der Waals surface area contributed by atoms with Crippen LogP contribution in [0.4, 0.5) is 5.69 Å². The molecule has 6 heteroatoms. The molecular formula is C24H26N2O4. The molecule has 0 bridgehead atoms. The van der Waals surface area contributed by atoms with Crippen LogP contribution < -0.4 is 10.1 Å². The fourth-order valence-electron chi connectivity index (χ4n) is 4.28. The summed E-state index contributed by atoms with van der Waals surface area (Å²) >= 11 is 0. The Morgan fingerprint density at radius 1 is 1.00 bits per heavy atom. The van der Waals surface area contributed by atoms with Crippen LogP contribution in [-0.4, -0.2) is 35.8 Å². The van der Waals surface area contributed by atoms with Crippen molar-refractivity contribution in [1.29, 1.82) is 0 Å². The zero-order valence-corrected chi connectivity index (χ0v) is 17.1. The number of amides is 3. The average Bonchev–Trinajstić information content (AvgIpc) is 3.03. The van der Waals surface area contributed by atoms with Gasteiger partial charge in [0.15, 0.2) is 0 Å². The van der Waals surface area contributed by atoms with Crippen LogP contribution in [0, 0.1) is 0 Å². The van der Waals surface area contributed by atoms with Crippen molar-refractivity contribution in [3.8, 4) is 5.75 Å². The molecule has 2 aromatic carbocycles. The van der Waals surface area contributed by atoms with Gasteiger partial charge in [0.1, 0.15) is 5.75 Å². The van der Waals surface area contributed by atoms with Crippen molar-refractivity contribution in [2.75, 3.05) is 12.4 Å². The van der Waals surface area contributed by atoms with Gasteiger partial charge in [0, 0.05) is 18.2 Å². The van der Waals surface area contributed by atoms with E-state index in [-0.39, 0.29) is 23.8 Å². The van der Waals surface area contributed by atoms with Crippen LogP contribution in [0.5, 0.6) is 5.75 Å². The number of carbonyl (C=O) groups is 3. The number of hydrogen-bond donors (Lipinski definition) is 1. The predicted molar refractivity (Wildman–Crippen MR) is 114 cm³/mol. The Labute approximate surface area is 176 Å². The van der Waals surface area contributed by atoms with E-state index in [4.69, 9.17) is 4.74 Å². The summed E-state index contributed by atoms with van der Waals surface area (Å²) in [6, 6.07) is 12.6. The summed E-state index contributed by atoms with van der Waals surface area (Å²) in [6.45, 7) is 0. The molecule has 0 saturated heterocycles. The fourth-order valence-corrected chi connectivity index (χ4v) is 4.28. The van der Waals surface area contributed by atoms with Crippen molar-refractivity contribution < 1.29 is 19.1 Å². The largest absolute Gasteiger partial charge is 0.497 e. The van der Waals surface area contributed by atoms with Crippen molar-refractivity contribution in [1.82, 2.24) is 4.90 Å². The summed E-state index contributed by atoms with van der Waals surface area (Å²) in [5.74, 6) is 0.199. The van der Waals surface area contributed by atoms with Crippen molar-refractivity contribution >= 4 is 23.4 Å². The molecule has 2 aromatic rings. The number of nitrogens with one attached hydrogen (secondary N) is 1. The van der Waals surface area contributed by atoms with Gasteiger partial charge in [-0.05, 0) is 55.2 Å². The van der Waals surface area contributed by atoms with E-state index in [9.17, 15) is 14.4 Å². The van der Waals surface area contributed by atoms with Crippen LogP contribution in [0.25, 0.3) is 0 Å². The minimum atomic E-state index is -0.240. The molecule has 3 amide bonds. The van der Waals surface area contributed by atoms with Crippen LogP contribution in [-0.2, 0) is 11.2 Å². The predicted octanol–water partition coefficient (Wildman–Crippen LogP) is 4.20. The van der Waals surface area contributed by atoms with Crippen LogP contribution in [0.1, 0.15) is 64.8 Å². The second kappa shape index (κ2) is 8.69. The summed E-state index contributed by atoms with van der Waals surface area (Å²) in [5, 5.41) is 2.85. The maximum absolute atomic E-state index is 12.9. The molecule has 30 heavy (non-hydrogen) atoms. The van der Waals surface area contributed by atoms with Gasteiger partial charge in [0.05, 0.1) is 18.2 Å². The standard InChI is InChI=1S/C24H26N2O4/c1-30-19-11-7-16(8-12-19)9-14-22(27)25-17-10-13-20-21(15-17)24(29)26(23(20)28)18-5-3-2-4-6-18/h7-8,10-13,15,18H,2-6,9,14H2,1H3,(H,25,27). The third kappa shape index (κ3) is 4.08. The first-order valence-corrected chi connectivity index (χ1v) is 10.5. The topological polar surface area (TPSA) is 75.7 Å². The molecular weight excluding hydrogens is 380 g/mol. The highest BCUT2D eigenvalue weighted by molar-refractivity contribution is 6.22. The Kier molecular flexibility index (Phi) is 5.84. The molecule has 6 nitrogen and oxygen atoms in total. The van der Waals surface area contributed by atoms with E-state index in [1.807, 2.05) is 24.3 Å². The minimum Gasteiger partial charge on any atom is -0.497 e. The number of methoxy groups -OCH3 is 1. The number of benzene rings is 2. The van der Waals surface area contributed by atoms with E-state index in [0.717, 1.165) is 43.4 Å². The lowest BCUT2D eigenvalue weighted by Gasteiger charge is -2.29. The molecule has 0 spiro atoms. The minimum absolute atomic E-state index is 0.00584. The van der Waals surface area contributed by atoms with E-state index in [2.05, 4.69) is 5.32 Å². The lowest BCUT2D eigenvalue weighted by atomic mass is 9.94. The molecule has 0 atom stereocenters. The molecule has 156 valence electrons. The van der Waals surface area contributed by atoms with Gasteiger partial charge in [0.2, 0.25) is 5.91 Å². The maximum Gasteiger partial charge on any atom is 0.261 e. The number of aryl methyl sites for hydroxylation is 1. The molecule has 1 heterocycles. The van der Waals surface area contributed by atoms with E-state index in [0.29, 0.717) is 29.7 Å². The van der Waals surface area contributed by atoms with Gasteiger partial charge in [-0.15, -0.1) is 0 Å². The Hall–Kier alpha value is -3.15. The van der Waals surface area contributed by atoms with Gasteiger partial charge in [-0.25, -0.2) is 0 Å².